The molecule has 0 spiro atoms. The molecule has 178 valence electrons. The van der Waals surface area contributed by atoms with Crippen molar-refractivity contribution in [1.29, 1.82) is 0 Å². The number of nitrogens with zero attached hydrogens (tertiary/aromatic N) is 1. The van der Waals surface area contributed by atoms with Gasteiger partial charge in [0, 0.05) is 18.3 Å². The van der Waals surface area contributed by atoms with Crippen LogP contribution >= 0.6 is 0 Å². The fourth-order valence-corrected chi connectivity index (χ4v) is 4.05. The molecule has 0 amide bonds. The van der Waals surface area contributed by atoms with Crippen LogP contribution in [0.25, 0.3) is 4.13 Å². The van der Waals surface area contributed by atoms with Gasteiger partial charge in [0.1, 0.15) is 0 Å². The van der Waals surface area contributed by atoms with Crippen LogP contribution in [0.4, 0.5) is 26.3 Å². The lowest BCUT2D eigenvalue weighted by atomic mass is 9.74. The maximum atomic E-state index is 11.4. The number of rotatable bonds is 9. The van der Waals surface area contributed by atoms with Crippen LogP contribution in [0.3, 0.4) is 0 Å². The Kier molecular flexibility index (Phi) is 11.8. The van der Waals surface area contributed by atoms with E-state index >= 15 is 0 Å². The highest BCUT2D eigenvalue weighted by Gasteiger charge is 2.47. The van der Waals surface area contributed by atoms with Crippen LogP contribution in [0.5, 0.6) is 0 Å². The van der Waals surface area contributed by atoms with E-state index in [9.17, 15) is 43.2 Å². The topological polar surface area (TPSA) is 110 Å². The van der Waals surface area contributed by atoms with Gasteiger partial charge in [-0.3, -0.25) is 0 Å². The van der Waals surface area contributed by atoms with Crippen molar-refractivity contribution < 1.29 is 48.9 Å². The lowest BCUT2D eigenvalue weighted by Gasteiger charge is -2.34. The summed E-state index contributed by atoms with van der Waals surface area (Å²) in [5, 5.41) is 0. The summed E-state index contributed by atoms with van der Waals surface area (Å²) in [6.07, 6.45) is 6.74. The van der Waals surface area contributed by atoms with E-state index in [4.69, 9.17) is 0 Å². The van der Waals surface area contributed by atoms with Gasteiger partial charge in [-0.25, -0.2) is 16.8 Å². The SMILES string of the molecule is CCCCCCC([NH3+])(C(C)C)C(C)C.O=S(=O)([N-]S(=O)(=O)C(F)(F)F)C(F)(F)F. The number of sulfonamides is 2. The van der Waals surface area contributed by atoms with E-state index in [0.717, 1.165) is 4.13 Å². The summed E-state index contributed by atoms with van der Waals surface area (Å²) in [6, 6.07) is 0. The van der Waals surface area contributed by atoms with Crippen LogP contribution in [0, 0.1) is 11.8 Å². The number of unbranched alkanes of at least 4 members (excludes halogenated alkanes) is 3. The van der Waals surface area contributed by atoms with Gasteiger partial charge < -0.3 is 9.86 Å². The summed E-state index contributed by atoms with van der Waals surface area (Å²) in [6.45, 7) is 11.5. The molecule has 0 aromatic heterocycles. The molecule has 6 nitrogen and oxygen atoms in total. The molecule has 0 saturated heterocycles. The lowest BCUT2D eigenvalue weighted by molar-refractivity contribution is -0.505. The molecule has 0 radical (unpaired) electrons. The monoisotopic (exact) mass is 480 g/mol. The minimum atomic E-state index is -6.72. The van der Waals surface area contributed by atoms with Crippen LogP contribution < -0.4 is 5.73 Å². The second kappa shape index (κ2) is 11.1. The molecule has 0 heterocycles. The van der Waals surface area contributed by atoms with E-state index in [2.05, 4.69) is 40.4 Å². The first-order valence-electron chi connectivity index (χ1n) is 8.87. The van der Waals surface area contributed by atoms with Crippen molar-refractivity contribution in [2.75, 3.05) is 0 Å². The predicted octanol–water partition coefficient (Wildman–Crippen LogP) is 4.31. The van der Waals surface area contributed by atoms with Crippen molar-refractivity contribution in [3.63, 3.8) is 0 Å². The molecule has 0 aromatic carbocycles. The number of hydrogen-bond acceptors (Lipinski definition) is 4. The Morgan fingerprint density at radius 2 is 1.10 bits per heavy atom. The summed E-state index contributed by atoms with van der Waals surface area (Å²) >= 11 is 0. The van der Waals surface area contributed by atoms with Crippen molar-refractivity contribution in [2.45, 2.75) is 83.3 Å². The predicted molar refractivity (Wildman–Crippen MR) is 97.4 cm³/mol. The third kappa shape index (κ3) is 9.83. The molecule has 14 heteroatoms. The lowest BCUT2D eigenvalue weighted by Crippen LogP contribution is -2.77. The smallest absolute Gasteiger partial charge is 0.421 e. The molecule has 3 N–H and O–H groups in total. The number of alkyl halides is 6. The molecule has 0 unspecified atom stereocenters. The maximum Gasteiger partial charge on any atom is 0.480 e. The second-order valence-corrected chi connectivity index (χ2v) is 10.7. The fraction of sp³-hybridized carbons (Fsp3) is 1.00. The molecule has 0 aromatic rings. The Hall–Kier alpha value is -0.600. The Morgan fingerprint density at radius 3 is 1.34 bits per heavy atom. The van der Waals surface area contributed by atoms with Crippen molar-refractivity contribution in [3.05, 3.63) is 4.13 Å². The van der Waals surface area contributed by atoms with Crippen LogP contribution in [0.1, 0.15) is 66.7 Å². The first-order chi connectivity index (χ1) is 12.7. The Morgan fingerprint density at radius 1 is 0.759 bits per heavy atom. The van der Waals surface area contributed by atoms with Crippen LogP contribution in [-0.4, -0.2) is 33.4 Å². The highest BCUT2D eigenvalue weighted by molar-refractivity contribution is 8.13. The summed E-state index contributed by atoms with van der Waals surface area (Å²) in [5.74, 6) is 1.40. The quantitative estimate of drug-likeness (QED) is 0.392. The molecule has 0 saturated carbocycles. The van der Waals surface area contributed by atoms with E-state index in [1.807, 2.05) is 0 Å². The Balaban J connectivity index is 0. The number of hydrogen-bond donors (Lipinski definition) is 1. The molecule has 0 bridgehead atoms. The van der Waals surface area contributed by atoms with Crippen molar-refractivity contribution in [3.8, 4) is 0 Å². The normalized spacial score (nSPS) is 14.1. The van der Waals surface area contributed by atoms with Crippen molar-refractivity contribution in [1.82, 2.24) is 0 Å². The minimum Gasteiger partial charge on any atom is -0.421 e. The summed E-state index contributed by atoms with van der Waals surface area (Å²) in [5.41, 5.74) is -7.64. The van der Waals surface area contributed by atoms with Crippen molar-refractivity contribution in [2.24, 2.45) is 11.8 Å². The van der Waals surface area contributed by atoms with E-state index in [1.54, 1.807) is 0 Å². The van der Waals surface area contributed by atoms with E-state index < -0.39 is 31.1 Å². The summed E-state index contributed by atoms with van der Waals surface area (Å²) < 4.78 is 109. The van der Waals surface area contributed by atoms with Crippen LogP contribution in [0.2, 0.25) is 0 Å². The van der Waals surface area contributed by atoms with E-state index in [1.165, 1.54) is 32.1 Å². The molecular weight excluding hydrogens is 450 g/mol. The number of quaternary nitrogens is 1. The Labute approximate surface area is 168 Å². The molecule has 29 heavy (non-hydrogen) atoms. The van der Waals surface area contributed by atoms with Gasteiger partial charge in [0.05, 0.1) is 5.54 Å². The van der Waals surface area contributed by atoms with Gasteiger partial charge in [0.15, 0.2) is 20.0 Å². The standard InChI is InChI=1S/C13H29N.C2F6NO4S2/c1-6-7-8-9-10-13(14,11(2)3)12(4)5;3-1(4,5)14(10,11)9-15(12,13)2(6,7)8/h11-12H,6-10,14H2,1-5H3;/q;-1/p+1. The van der Waals surface area contributed by atoms with Gasteiger partial charge in [-0.1, -0.05) is 53.9 Å². The first kappa shape index (κ1) is 30.6. The highest BCUT2D eigenvalue weighted by Crippen LogP contribution is 2.36. The van der Waals surface area contributed by atoms with Crippen LogP contribution in [0.15, 0.2) is 0 Å². The van der Waals surface area contributed by atoms with Gasteiger partial charge in [-0.2, -0.15) is 26.3 Å². The van der Waals surface area contributed by atoms with Gasteiger partial charge in [0.25, 0.3) is 0 Å². The van der Waals surface area contributed by atoms with Crippen LogP contribution in [-0.2, 0) is 20.0 Å². The summed E-state index contributed by atoms with van der Waals surface area (Å²) in [7, 11) is -13.4. The molecule has 0 aliphatic heterocycles. The summed E-state index contributed by atoms with van der Waals surface area (Å²) in [4.78, 5) is 0. The number of halogens is 6. The van der Waals surface area contributed by atoms with Gasteiger partial charge in [-0.05, 0) is 6.42 Å². The highest BCUT2D eigenvalue weighted by atomic mass is 32.3. The first-order valence-corrected chi connectivity index (χ1v) is 11.8. The third-order valence-corrected chi connectivity index (χ3v) is 7.32. The maximum absolute atomic E-state index is 11.4. The zero-order valence-electron chi connectivity index (χ0n) is 17.1. The van der Waals surface area contributed by atoms with Crippen molar-refractivity contribution >= 4 is 20.0 Å². The van der Waals surface area contributed by atoms with Gasteiger partial charge >= 0.3 is 11.0 Å². The second-order valence-electron chi connectivity index (χ2n) is 7.27. The zero-order chi connectivity index (χ0) is 23.9. The average molecular weight is 481 g/mol. The molecule has 0 aliphatic rings. The van der Waals surface area contributed by atoms with Gasteiger partial charge in [-0.15, -0.1) is 0 Å². The molecule has 0 aliphatic carbocycles. The molecule has 0 atom stereocenters. The third-order valence-electron chi connectivity index (χ3n) is 4.58. The van der Waals surface area contributed by atoms with E-state index in [-0.39, 0.29) is 0 Å². The largest absolute Gasteiger partial charge is 0.480 e. The molecule has 0 fully saturated rings. The average Bonchev–Trinajstić information content (AvgIpc) is 2.48. The fourth-order valence-electron chi connectivity index (χ4n) is 2.34. The Bertz CT molecular complexity index is 637. The molecule has 0 rings (SSSR count). The zero-order valence-corrected chi connectivity index (χ0v) is 18.7. The molecular formula is C15H30F6N2O4S2. The van der Waals surface area contributed by atoms with E-state index in [0.29, 0.717) is 17.4 Å². The van der Waals surface area contributed by atoms with Gasteiger partial charge in [0.2, 0.25) is 0 Å². The minimum absolute atomic E-state index is 0.299.